The fraction of sp³-hybridized carbons (Fsp3) is 0.238. The van der Waals surface area contributed by atoms with Crippen LogP contribution in [0, 0.1) is 18.3 Å². The molecule has 1 amide bonds. The number of benzene rings is 1. The highest BCUT2D eigenvalue weighted by Gasteiger charge is 2.36. The Morgan fingerprint density at radius 2 is 2.04 bits per heavy atom. The van der Waals surface area contributed by atoms with Gasteiger partial charge in [-0.3, -0.25) is 4.79 Å². The number of aryl methyl sites for hydroxylation is 1. The van der Waals surface area contributed by atoms with Crippen LogP contribution in [0.25, 0.3) is 0 Å². The van der Waals surface area contributed by atoms with Crippen LogP contribution in [-0.2, 0) is 4.79 Å². The maximum atomic E-state index is 13.2. The minimum atomic E-state index is -0.382. The number of amides is 1. The van der Waals surface area contributed by atoms with Gasteiger partial charge >= 0.3 is 0 Å². The highest BCUT2D eigenvalue weighted by Crippen LogP contribution is 2.43. The van der Waals surface area contributed by atoms with Gasteiger partial charge in [0.2, 0.25) is 0 Å². The van der Waals surface area contributed by atoms with Crippen LogP contribution < -0.4 is 10.6 Å². The van der Waals surface area contributed by atoms with Gasteiger partial charge in [0.15, 0.2) is 0 Å². The van der Waals surface area contributed by atoms with Crippen LogP contribution in [0.5, 0.6) is 0 Å². The van der Waals surface area contributed by atoms with Gasteiger partial charge in [-0.2, -0.15) is 5.26 Å². The SMILES string of the molecule is CCSC1=C(C#N)C(c2sccc2C)C(C(=O)Nc2ccc(Cl)cc2)=C(C)N1. The summed E-state index contributed by atoms with van der Waals surface area (Å²) >= 11 is 9.09. The molecule has 1 unspecified atom stereocenters. The molecule has 0 fully saturated rings. The number of thioether (sulfide) groups is 1. The van der Waals surface area contributed by atoms with Crippen LogP contribution in [0.1, 0.15) is 30.2 Å². The fourth-order valence-corrected chi connectivity index (χ4v) is 5.15. The number of carbonyl (C=O) groups excluding carboxylic acids is 1. The van der Waals surface area contributed by atoms with E-state index in [1.54, 1.807) is 47.4 Å². The molecular weight excluding hydrogens is 410 g/mol. The molecule has 0 aliphatic carbocycles. The van der Waals surface area contributed by atoms with Crippen molar-refractivity contribution in [2.45, 2.75) is 26.7 Å². The Morgan fingerprint density at radius 1 is 1.32 bits per heavy atom. The molecule has 0 spiro atoms. The van der Waals surface area contributed by atoms with Gasteiger partial charge in [-0.15, -0.1) is 23.1 Å². The average molecular weight is 430 g/mol. The van der Waals surface area contributed by atoms with Crippen molar-refractivity contribution >= 4 is 46.3 Å². The predicted molar refractivity (Wildman–Crippen MR) is 118 cm³/mol. The van der Waals surface area contributed by atoms with E-state index in [0.717, 1.165) is 26.9 Å². The van der Waals surface area contributed by atoms with Gasteiger partial charge in [-0.25, -0.2) is 0 Å². The average Bonchev–Trinajstić information content (AvgIpc) is 3.09. The number of hydrogen-bond acceptors (Lipinski definition) is 5. The molecule has 1 aromatic heterocycles. The first-order valence-electron chi connectivity index (χ1n) is 8.82. The van der Waals surface area contributed by atoms with Gasteiger partial charge in [-0.05, 0) is 60.9 Å². The Morgan fingerprint density at radius 3 is 2.61 bits per heavy atom. The molecule has 0 saturated carbocycles. The Labute approximate surface area is 178 Å². The second kappa shape index (κ2) is 8.87. The number of thiophene rings is 1. The molecule has 1 aliphatic rings. The van der Waals surface area contributed by atoms with Crippen molar-refractivity contribution in [3.8, 4) is 6.07 Å². The molecule has 7 heteroatoms. The van der Waals surface area contributed by atoms with Crippen molar-refractivity contribution in [3.63, 3.8) is 0 Å². The van der Waals surface area contributed by atoms with E-state index in [4.69, 9.17) is 11.6 Å². The smallest absolute Gasteiger partial charge is 0.254 e. The van der Waals surface area contributed by atoms with Crippen molar-refractivity contribution in [2.75, 3.05) is 11.1 Å². The zero-order valence-electron chi connectivity index (χ0n) is 15.8. The summed E-state index contributed by atoms with van der Waals surface area (Å²) in [6.07, 6.45) is 0. The first kappa shape index (κ1) is 20.5. The second-order valence-corrected chi connectivity index (χ2v) is 8.97. The van der Waals surface area contributed by atoms with E-state index in [1.165, 1.54) is 0 Å². The van der Waals surface area contributed by atoms with E-state index in [1.807, 2.05) is 32.2 Å². The Hall–Kier alpha value is -2.20. The molecule has 0 bridgehead atoms. The van der Waals surface area contributed by atoms with Crippen LogP contribution >= 0.6 is 34.7 Å². The highest BCUT2D eigenvalue weighted by atomic mass is 35.5. The van der Waals surface area contributed by atoms with Crippen molar-refractivity contribution in [1.82, 2.24) is 5.32 Å². The third kappa shape index (κ3) is 4.12. The number of rotatable bonds is 5. The zero-order valence-corrected chi connectivity index (χ0v) is 18.2. The predicted octanol–water partition coefficient (Wildman–Crippen LogP) is 5.80. The third-order valence-corrected chi connectivity index (χ3v) is 6.68. The van der Waals surface area contributed by atoms with Crippen molar-refractivity contribution in [2.24, 2.45) is 0 Å². The number of dihydropyridines is 1. The molecule has 4 nitrogen and oxygen atoms in total. The number of allylic oxidation sites excluding steroid dienone is 2. The number of anilines is 1. The lowest BCUT2D eigenvalue weighted by atomic mass is 9.85. The van der Waals surface area contributed by atoms with E-state index in [-0.39, 0.29) is 11.8 Å². The van der Waals surface area contributed by atoms with Crippen molar-refractivity contribution < 1.29 is 4.79 Å². The minimum Gasteiger partial charge on any atom is -0.353 e. The molecule has 144 valence electrons. The van der Waals surface area contributed by atoms with E-state index in [9.17, 15) is 10.1 Å². The van der Waals surface area contributed by atoms with Crippen LogP contribution in [0.2, 0.25) is 5.02 Å². The normalized spacial score (nSPS) is 16.6. The molecule has 2 aromatic rings. The van der Waals surface area contributed by atoms with E-state index in [0.29, 0.717) is 21.9 Å². The van der Waals surface area contributed by atoms with E-state index in [2.05, 4.69) is 16.7 Å². The lowest BCUT2D eigenvalue weighted by Crippen LogP contribution is -2.30. The Bertz CT molecular complexity index is 999. The molecule has 1 atom stereocenters. The summed E-state index contributed by atoms with van der Waals surface area (Å²) < 4.78 is 0. The van der Waals surface area contributed by atoms with Gasteiger partial charge in [0.05, 0.1) is 22.6 Å². The lowest BCUT2D eigenvalue weighted by molar-refractivity contribution is -0.113. The summed E-state index contributed by atoms with van der Waals surface area (Å²) in [5, 5.41) is 19.6. The van der Waals surface area contributed by atoms with E-state index >= 15 is 0 Å². The molecule has 2 N–H and O–H groups in total. The largest absolute Gasteiger partial charge is 0.353 e. The summed E-state index contributed by atoms with van der Waals surface area (Å²) in [7, 11) is 0. The number of hydrogen-bond donors (Lipinski definition) is 2. The number of nitriles is 1. The standard InChI is InChI=1S/C21H20ClN3OS2/c1-4-27-21-16(11-23)18(19-12(2)9-10-28-19)17(13(3)24-21)20(26)25-15-7-5-14(22)6-8-15/h5-10,18,24H,4H2,1-3H3,(H,25,26). The number of nitrogens with one attached hydrogen (secondary N) is 2. The number of carbonyl (C=O) groups is 1. The number of nitrogens with zero attached hydrogens (tertiary/aromatic N) is 1. The van der Waals surface area contributed by atoms with Crippen LogP contribution in [0.15, 0.2) is 57.6 Å². The van der Waals surface area contributed by atoms with Gasteiger partial charge in [-0.1, -0.05) is 18.5 Å². The zero-order chi connectivity index (χ0) is 20.3. The summed E-state index contributed by atoms with van der Waals surface area (Å²) in [6.45, 7) is 5.94. The number of halogens is 1. The Balaban J connectivity index is 2.05. The highest BCUT2D eigenvalue weighted by molar-refractivity contribution is 8.03. The summed E-state index contributed by atoms with van der Waals surface area (Å²) in [5.74, 6) is 0.231. The van der Waals surface area contributed by atoms with Crippen molar-refractivity contribution in [3.05, 3.63) is 73.0 Å². The first-order valence-corrected chi connectivity index (χ1v) is 11.1. The van der Waals surface area contributed by atoms with Gasteiger partial charge in [0, 0.05) is 26.9 Å². The van der Waals surface area contributed by atoms with Crippen LogP contribution in [-0.4, -0.2) is 11.7 Å². The summed E-state index contributed by atoms with van der Waals surface area (Å²) in [6, 6.07) is 11.4. The maximum Gasteiger partial charge on any atom is 0.254 e. The molecule has 2 heterocycles. The first-order chi connectivity index (χ1) is 13.5. The summed E-state index contributed by atoms with van der Waals surface area (Å²) in [4.78, 5) is 14.3. The minimum absolute atomic E-state index is 0.224. The molecule has 1 aromatic carbocycles. The van der Waals surface area contributed by atoms with E-state index < -0.39 is 0 Å². The quantitative estimate of drug-likeness (QED) is 0.630. The van der Waals surface area contributed by atoms with Gasteiger partial charge < -0.3 is 10.6 Å². The molecule has 3 rings (SSSR count). The second-order valence-electron chi connectivity index (χ2n) is 6.31. The van der Waals surface area contributed by atoms with Crippen LogP contribution in [0.4, 0.5) is 5.69 Å². The molecule has 28 heavy (non-hydrogen) atoms. The lowest BCUT2D eigenvalue weighted by Gasteiger charge is -2.29. The molecule has 0 radical (unpaired) electrons. The molecular formula is C21H20ClN3OS2. The van der Waals surface area contributed by atoms with Crippen molar-refractivity contribution in [1.29, 1.82) is 5.26 Å². The fourth-order valence-electron chi connectivity index (χ4n) is 3.15. The van der Waals surface area contributed by atoms with Crippen LogP contribution in [0.3, 0.4) is 0 Å². The molecule has 1 aliphatic heterocycles. The Kier molecular flexibility index (Phi) is 6.50. The maximum absolute atomic E-state index is 13.2. The summed E-state index contributed by atoms with van der Waals surface area (Å²) in [5.41, 5.74) is 3.66. The van der Waals surface area contributed by atoms with Gasteiger partial charge in [0.25, 0.3) is 5.91 Å². The topological polar surface area (TPSA) is 64.9 Å². The van der Waals surface area contributed by atoms with Gasteiger partial charge in [0.1, 0.15) is 0 Å². The third-order valence-electron chi connectivity index (χ3n) is 4.45. The molecule has 0 saturated heterocycles. The monoisotopic (exact) mass is 429 g/mol.